The molecule has 2 rings (SSSR count). The lowest BCUT2D eigenvalue weighted by atomic mass is 10.1. The molecule has 0 N–H and O–H groups in total. The predicted molar refractivity (Wildman–Crippen MR) is 73.2 cm³/mol. The number of rotatable bonds is 2. The molecular formula is C13H13BrClN. The average molecular weight is 299 g/mol. The highest BCUT2D eigenvalue weighted by molar-refractivity contribution is 9.10. The second kappa shape index (κ2) is 4.72. The number of fused-ring (bicyclic) bond motifs is 1. The molecule has 1 aromatic heterocycles. The van der Waals surface area contributed by atoms with Crippen molar-refractivity contribution in [2.45, 2.75) is 26.7 Å². The van der Waals surface area contributed by atoms with E-state index in [9.17, 15) is 0 Å². The maximum atomic E-state index is 6.28. The summed E-state index contributed by atoms with van der Waals surface area (Å²) in [5.41, 5.74) is 3.21. The second-order valence-corrected chi connectivity index (χ2v) is 5.25. The molecule has 0 saturated heterocycles. The standard InChI is InChI=1S/C13H13BrClN/c1-3-4-9-7-12(15)10-5-8(2)6-11(14)13(10)16-9/h5-7H,3-4H2,1-2H3. The van der Waals surface area contributed by atoms with Crippen molar-refractivity contribution in [3.8, 4) is 0 Å². The Morgan fingerprint density at radius 1 is 1.31 bits per heavy atom. The fourth-order valence-electron chi connectivity index (χ4n) is 1.81. The van der Waals surface area contributed by atoms with Crippen molar-refractivity contribution in [3.05, 3.63) is 39.0 Å². The minimum Gasteiger partial charge on any atom is -0.252 e. The van der Waals surface area contributed by atoms with E-state index in [4.69, 9.17) is 11.6 Å². The van der Waals surface area contributed by atoms with Gasteiger partial charge in [0.1, 0.15) is 0 Å². The minimum atomic E-state index is 0.790. The quantitative estimate of drug-likeness (QED) is 0.767. The molecule has 0 unspecified atom stereocenters. The first kappa shape index (κ1) is 11.9. The molecule has 0 bridgehead atoms. The monoisotopic (exact) mass is 297 g/mol. The highest BCUT2D eigenvalue weighted by Gasteiger charge is 2.07. The molecule has 0 amide bonds. The van der Waals surface area contributed by atoms with Crippen molar-refractivity contribution < 1.29 is 0 Å². The van der Waals surface area contributed by atoms with E-state index in [1.807, 2.05) is 6.07 Å². The molecule has 0 aliphatic carbocycles. The van der Waals surface area contributed by atoms with E-state index in [2.05, 4.69) is 46.9 Å². The van der Waals surface area contributed by atoms with Gasteiger partial charge in [-0.2, -0.15) is 0 Å². The molecule has 0 saturated carbocycles. The topological polar surface area (TPSA) is 12.9 Å². The van der Waals surface area contributed by atoms with Crippen LogP contribution >= 0.6 is 27.5 Å². The maximum Gasteiger partial charge on any atom is 0.0862 e. The molecule has 1 heterocycles. The molecule has 1 aromatic carbocycles. The van der Waals surface area contributed by atoms with Crippen molar-refractivity contribution in [2.24, 2.45) is 0 Å². The van der Waals surface area contributed by atoms with Gasteiger partial charge in [0.05, 0.1) is 10.5 Å². The summed E-state index contributed by atoms with van der Waals surface area (Å²) in [5.74, 6) is 0. The zero-order valence-corrected chi connectivity index (χ0v) is 11.7. The molecule has 0 spiro atoms. The highest BCUT2D eigenvalue weighted by Crippen LogP contribution is 2.30. The molecule has 0 aliphatic heterocycles. The van der Waals surface area contributed by atoms with E-state index in [0.29, 0.717) is 0 Å². The smallest absolute Gasteiger partial charge is 0.0862 e. The zero-order chi connectivity index (χ0) is 11.7. The lowest BCUT2D eigenvalue weighted by molar-refractivity contribution is 0.889. The van der Waals surface area contributed by atoms with Gasteiger partial charge in [0, 0.05) is 15.6 Å². The maximum absolute atomic E-state index is 6.28. The molecule has 3 heteroatoms. The van der Waals surface area contributed by atoms with Crippen LogP contribution in [0.5, 0.6) is 0 Å². The Balaban J connectivity index is 2.71. The number of pyridine rings is 1. The van der Waals surface area contributed by atoms with Gasteiger partial charge < -0.3 is 0 Å². The first-order valence-corrected chi connectivity index (χ1v) is 6.54. The molecule has 0 fully saturated rings. The van der Waals surface area contributed by atoms with E-state index in [-0.39, 0.29) is 0 Å². The van der Waals surface area contributed by atoms with Crippen LogP contribution < -0.4 is 0 Å². The fraction of sp³-hybridized carbons (Fsp3) is 0.308. The largest absolute Gasteiger partial charge is 0.252 e. The summed E-state index contributed by atoms with van der Waals surface area (Å²) in [4.78, 5) is 4.64. The van der Waals surface area contributed by atoms with E-state index in [0.717, 1.165) is 38.9 Å². The second-order valence-electron chi connectivity index (χ2n) is 3.99. The van der Waals surface area contributed by atoms with Crippen LogP contribution in [0.2, 0.25) is 5.02 Å². The highest BCUT2D eigenvalue weighted by atomic mass is 79.9. The molecule has 0 atom stereocenters. The summed E-state index contributed by atoms with van der Waals surface area (Å²) in [6, 6.07) is 6.12. The van der Waals surface area contributed by atoms with E-state index >= 15 is 0 Å². The number of aryl methyl sites for hydroxylation is 2. The van der Waals surface area contributed by atoms with Gasteiger partial charge in [-0.25, -0.2) is 0 Å². The normalized spacial score (nSPS) is 11.0. The Hall–Kier alpha value is -0.600. The number of hydrogen-bond donors (Lipinski definition) is 0. The predicted octanol–water partition coefficient (Wildman–Crippen LogP) is 4.91. The number of benzene rings is 1. The summed E-state index contributed by atoms with van der Waals surface area (Å²) in [5, 5.41) is 1.81. The lowest BCUT2D eigenvalue weighted by Crippen LogP contribution is -1.92. The fourth-order valence-corrected chi connectivity index (χ4v) is 2.75. The summed E-state index contributed by atoms with van der Waals surface area (Å²) < 4.78 is 1.02. The summed E-state index contributed by atoms with van der Waals surface area (Å²) in [6.45, 7) is 4.20. The summed E-state index contributed by atoms with van der Waals surface area (Å²) >= 11 is 9.83. The molecule has 0 radical (unpaired) electrons. The van der Waals surface area contributed by atoms with E-state index in [1.165, 1.54) is 5.56 Å². The summed E-state index contributed by atoms with van der Waals surface area (Å²) in [6.07, 6.45) is 2.05. The number of nitrogens with zero attached hydrogens (tertiary/aromatic N) is 1. The third-order valence-corrected chi connectivity index (χ3v) is 3.44. The number of aromatic nitrogens is 1. The summed E-state index contributed by atoms with van der Waals surface area (Å²) in [7, 11) is 0. The van der Waals surface area contributed by atoms with Crippen molar-refractivity contribution in [1.82, 2.24) is 4.98 Å². The molecule has 0 aliphatic rings. The molecular weight excluding hydrogens is 286 g/mol. The van der Waals surface area contributed by atoms with E-state index < -0.39 is 0 Å². The molecule has 2 aromatic rings. The zero-order valence-electron chi connectivity index (χ0n) is 9.35. The van der Waals surface area contributed by atoms with Gasteiger partial charge in [0.15, 0.2) is 0 Å². The Morgan fingerprint density at radius 3 is 2.75 bits per heavy atom. The van der Waals surface area contributed by atoms with Gasteiger partial charge in [0.2, 0.25) is 0 Å². The molecule has 84 valence electrons. The van der Waals surface area contributed by atoms with Gasteiger partial charge >= 0.3 is 0 Å². The third-order valence-electron chi connectivity index (χ3n) is 2.52. The van der Waals surface area contributed by atoms with Gasteiger partial charge in [0.25, 0.3) is 0 Å². The van der Waals surface area contributed by atoms with Gasteiger partial charge in [-0.3, -0.25) is 4.98 Å². The third kappa shape index (κ3) is 2.23. The molecule has 16 heavy (non-hydrogen) atoms. The van der Waals surface area contributed by atoms with Gasteiger partial charge in [-0.05, 0) is 53.0 Å². The minimum absolute atomic E-state index is 0.790. The van der Waals surface area contributed by atoms with Gasteiger partial charge in [-0.1, -0.05) is 24.9 Å². The Labute approximate surface area is 109 Å². The van der Waals surface area contributed by atoms with Crippen LogP contribution in [0.4, 0.5) is 0 Å². The Bertz CT molecular complexity index is 537. The van der Waals surface area contributed by atoms with E-state index in [1.54, 1.807) is 0 Å². The van der Waals surface area contributed by atoms with Crippen molar-refractivity contribution >= 4 is 38.4 Å². The van der Waals surface area contributed by atoms with Crippen molar-refractivity contribution in [2.75, 3.05) is 0 Å². The Kier molecular flexibility index (Phi) is 3.50. The van der Waals surface area contributed by atoms with Crippen LogP contribution in [0, 0.1) is 6.92 Å². The Morgan fingerprint density at radius 2 is 2.06 bits per heavy atom. The first-order valence-electron chi connectivity index (χ1n) is 5.37. The average Bonchev–Trinajstić information content (AvgIpc) is 2.20. The van der Waals surface area contributed by atoms with Crippen LogP contribution in [-0.4, -0.2) is 4.98 Å². The van der Waals surface area contributed by atoms with Crippen molar-refractivity contribution in [1.29, 1.82) is 0 Å². The van der Waals surface area contributed by atoms with Crippen LogP contribution in [0.15, 0.2) is 22.7 Å². The van der Waals surface area contributed by atoms with Crippen molar-refractivity contribution in [3.63, 3.8) is 0 Å². The first-order chi connectivity index (χ1) is 7.61. The van der Waals surface area contributed by atoms with Crippen LogP contribution in [0.3, 0.4) is 0 Å². The van der Waals surface area contributed by atoms with Gasteiger partial charge in [-0.15, -0.1) is 0 Å². The number of halogens is 2. The SMILES string of the molecule is CCCc1cc(Cl)c2cc(C)cc(Br)c2n1. The number of hydrogen-bond acceptors (Lipinski definition) is 1. The van der Waals surface area contributed by atoms with Crippen LogP contribution in [0.25, 0.3) is 10.9 Å². The lowest BCUT2D eigenvalue weighted by Gasteiger charge is -2.07. The van der Waals surface area contributed by atoms with Crippen LogP contribution in [0.1, 0.15) is 24.6 Å². The molecule has 1 nitrogen and oxygen atoms in total. The van der Waals surface area contributed by atoms with Crippen LogP contribution in [-0.2, 0) is 6.42 Å².